The van der Waals surface area contributed by atoms with Gasteiger partial charge in [0.2, 0.25) is 0 Å². The highest BCUT2D eigenvalue weighted by atomic mass is 35.5. The molecule has 21 heavy (non-hydrogen) atoms. The zero-order valence-corrected chi connectivity index (χ0v) is 14.1. The molecule has 5 heteroatoms. The standard InChI is InChI=1S/C16H25N4.ClH/c1-13-4-14(2)16(15(3)5-13)6-20-10-17-7-18(11-20)9-19(8-17)12-20;/h4-5H,6-12H2,1-3H3;1H/q+1;. The van der Waals surface area contributed by atoms with E-state index in [2.05, 4.69) is 47.6 Å². The quantitative estimate of drug-likeness (QED) is 0.774. The number of hydrogen-bond acceptors (Lipinski definition) is 3. The first kappa shape index (κ1) is 15.3. The fraction of sp³-hybridized carbons (Fsp3) is 0.625. The summed E-state index contributed by atoms with van der Waals surface area (Å²) < 4.78 is 1.20. The van der Waals surface area contributed by atoms with E-state index in [1.54, 1.807) is 5.56 Å². The van der Waals surface area contributed by atoms with Crippen molar-refractivity contribution in [3.05, 3.63) is 34.4 Å². The summed E-state index contributed by atoms with van der Waals surface area (Å²) in [5.41, 5.74) is 5.90. The maximum absolute atomic E-state index is 2.59. The molecule has 4 heterocycles. The Balaban J connectivity index is 0.00000132. The van der Waals surface area contributed by atoms with Gasteiger partial charge in [-0.1, -0.05) is 17.7 Å². The zero-order chi connectivity index (χ0) is 13.9. The summed E-state index contributed by atoms with van der Waals surface area (Å²) in [5, 5.41) is 0. The lowest BCUT2D eigenvalue weighted by Crippen LogP contribution is -2.78. The van der Waals surface area contributed by atoms with Crippen molar-refractivity contribution >= 4 is 12.4 Å². The van der Waals surface area contributed by atoms with Crippen LogP contribution in [0.1, 0.15) is 22.3 Å². The molecule has 0 saturated carbocycles. The van der Waals surface area contributed by atoms with E-state index in [1.807, 2.05) is 0 Å². The molecule has 4 aliphatic rings. The lowest BCUT2D eigenvalue weighted by Gasteiger charge is -2.60. The first-order valence-corrected chi connectivity index (χ1v) is 7.62. The Morgan fingerprint density at radius 3 is 1.71 bits per heavy atom. The van der Waals surface area contributed by atoms with Crippen LogP contribution < -0.4 is 0 Å². The smallest absolute Gasteiger partial charge is 0.139 e. The van der Waals surface area contributed by atoms with Crippen molar-refractivity contribution in [2.24, 2.45) is 0 Å². The van der Waals surface area contributed by atoms with Gasteiger partial charge in [-0.3, -0.25) is 4.48 Å². The van der Waals surface area contributed by atoms with Gasteiger partial charge >= 0.3 is 0 Å². The van der Waals surface area contributed by atoms with Crippen LogP contribution in [0.5, 0.6) is 0 Å². The number of halogens is 1. The van der Waals surface area contributed by atoms with Crippen LogP contribution in [0.2, 0.25) is 0 Å². The topological polar surface area (TPSA) is 9.72 Å². The Hall–Kier alpha value is -0.650. The Labute approximate surface area is 133 Å². The fourth-order valence-electron chi connectivity index (χ4n) is 4.60. The van der Waals surface area contributed by atoms with Gasteiger partial charge in [0.05, 0.1) is 20.0 Å². The second-order valence-electron chi connectivity index (χ2n) is 7.24. The maximum atomic E-state index is 2.59. The van der Waals surface area contributed by atoms with E-state index in [0.29, 0.717) is 0 Å². The summed E-state index contributed by atoms with van der Waals surface area (Å²) in [6.45, 7) is 15.1. The molecule has 1 aromatic carbocycles. The average molecular weight is 310 g/mol. The van der Waals surface area contributed by atoms with Crippen LogP contribution in [0.4, 0.5) is 0 Å². The molecule has 5 rings (SSSR count). The lowest BCUT2D eigenvalue weighted by molar-refractivity contribution is -0.991. The van der Waals surface area contributed by atoms with E-state index in [0.717, 1.165) is 0 Å². The lowest BCUT2D eigenvalue weighted by atomic mass is 9.98. The Morgan fingerprint density at radius 2 is 1.29 bits per heavy atom. The van der Waals surface area contributed by atoms with Gasteiger partial charge in [-0.15, -0.1) is 12.4 Å². The van der Waals surface area contributed by atoms with Crippen LogP contribution in [-0.4, -0.2) is 59.2 Å². The van der Waals surface area contributed by atoms with Crippen LogP contribution in [0.15, 0.2) is 12.1 Å². The molecule has 116 valence electrons. The van der Waals surface area contributed by atoms with Gasteiger partial charge in [0.1, 0.15) is 26.6 Å². The molecule has 4 aliphatic heterocycles. The summed E-state index contributed by atoms with van der Waals surface area (Å²) in [7, 11) is 0. The maximum Gasteiger partial charge on any atom is 0.139 e. The summed E-state index contributed by atoms with van der Waals surface area (Å²) in [5.74, 6) is 0. The number of nitrogens with zero attached hydrogens (tertiary/aromatic N) is 4. The third-order valence-corrected chi connectivity index (χ3v) is 5.03. The number of aryl methyl sites for hydroxylation is 3. The third-order valence-electron chi connectivity index (χ3n) is 5.03. The summed E-state index contributed by atoms with van der Waals surface area (Å²) in [6, 6.07) is 4.68. The van der Waals surface area contributed by atoms with Crippen molar-refractivity contribution in [3.63, 3.8) is 0 Å². The molecule has 0 aliphatic carbocycles. The molecule has 4 bridgehead atoms. The number of hydrogen-bond donors (Lipinski definition) is 0. The SMILES string of the molecule is Cc1cc(C)c(C[N+]23CN4CN(CN(C4)C2)C3)c(C)c1.Cl. The first-order chi connectivity index (χ1) is 9.53. The van der Waals surface area contributed by atoms with Gasteiger partial charge in [0.25, 0.3) is 0 Å². The number of quaternary nitrogens is 1. The number of benzene rings is 1. The highest BCUT2D eigenvalue weighted by molar-refractivity contribution is 5.85. The van der Waals surface area contributed by atoms with Gasteiger partial charge in [0, 0.05) is 5.56 Å². The first-order valence-electron chi connectivity index (χ1n) is 7.62. The van der Waals surface area contributed by atoms with E-state index < -0.39 is 0 Å². The van der Waals surface area contributed by atoms with Gasteiger partial charge < -0.3 is 0 Å². The molecular weight excluding hydrogens is 284 g/mol. The van der Waals surface area contributed by atoms with Crippen molar-refractivity contribution in [1.82, 2.24) is 14.7 Å². The molecule has 0 atom stereocenters. The molecular formula is C16H26ClN4+. The summed E-state index contributed by atoms with van der Waals surface area (Å²) in [6.07, 6.45) is 0. The zero-order valence-electron chi connectivity index (χ0n) is 13.3. The van der Waals surface area contributed by atoms with E-state index in [4.69, 9.17) is 0 Å². The second kappa shape index (κ2) is 5.21. The predicted octanol–water partition coefficient (Wildman–Crippen LogP) is 2.04. The van der Waals surface area contributed by atoms with Crippen molar-refractivity contribution < 1.29 is 4.48 Å². The Kier molecular flexibility index (Phi) is 3.79. The van der Waals surface area contributed by atoms with Gasteiger partial charge in [0.15, 0.2) is 0 Å². The van der Waals surface area contributed by atoms with Gasteiger partial charge in [-0.05, 0) is 31.9 Å². The molecule has 0 radical (unpaired) electrons. The minimum atomic E-state index is 0. The Morgan fingerprint density at radius 1 is 0.857 bits per heavy atom. The summed E-state index contributed by atoms with van der Waals surface area (Å²) >= 11 is 0. The molecule has 4 nitrogen and oxygen atoms in total. The van der Waals surface area contributed by atoms with Gasteiger partial charge in [-0.25, -0.2) is 14.7 Å². The van der Waals surface area contributed by atoms with E-state index in [1.165, 1.54) is 67.7 Å². The van der Waals surface area contributed by atoms with Crippen molar-refractivity contribution in [2.75, 3.05) is 40.0 Å². The molecule has 4 saturated heterocycles. The summed E-state index contributed by atoms with van der Waals surface area (Å²) in [4.78, 5) is 7.78. The third kappa shape index (κ3) is 2.60. The van der Waals surface area contributed by atoms with Gasteiger partial charge in [-0.2, -0.15) is 0 Å². The predicted molar refractivity (Wildman–Crippen MR) is 86.6 cm³/mol. The highest BCUT2D eigenvalue weighted by Crippen LogP contribution is 2.32. The van der Waals surface area contributed by atoms with Crippen LogP contribution >= 0.6 is 12.4 Å². The fourth-order valence-corrected chi connectivity index (χ4v) is 4.60. The minimum Gasteiger partial charge on any atom is -0.282 e. The van der Waals surface area contributed by atoms with Crippen LogP contribution in [0.3, 0.4) is 0 Å². The van der Waals surface area contributed by atoms with Crippen LogP contribution in [-0.2, 0) is 6.54 Å². The average Bonchev–Trinajstić information content (AvgIpc) is 2.32. The molecule has 0 aromatic heterocycles. The Bertz CT molecular complexity index is 499. The molecule has 0 amide bonds. The second-order valence-corrected chi connectivity index (χ2v) is 7.24. The molecule has 0 N–H and O–H groups in total. The minimum absolute atomic E-state index is 0. The van der Waals surface area contributed by atoms with E-state index in [-0.39, 0.29) is 12.4 Å². The number of rotatable bonds is 2. The molecule has 1 aromatic rings. The van der Waals surface area contributed by atoms with Crippen molar-refractivity contribution in [2.45, 2.75) is 27.3 Å². The molecule has 0 unspecified atom stereocenters. The van der Waals surface area contributed by atoms with Crippen LogP contribution in [0.25, 0.3) is 0 Å². The van der Waals surface area contributed by atoms with Crippen molar-refractivity contribution in [1.29, 1.82) is 0 Å². The largest absolute Gasteiger partial charge is 0.282 e. The van der Waals surface area contributed by atoms with Crippen LogP contribution in [0, 0.1) is 20.8 Å². The molecule has 4 fully saturated rings. The van der Waals surface area contributed by atoms with E-state index >= 15 is 0 Å². The highest BCUT2D eigenvalue weighted by Gasteiger charge is 2.48. The molecule has 0 spiro atoms. The van der Waals surface area contributed by atoms with E-state index in [9.17, 15) is 0 Å². The van der Waals surface area contributed by atoms with Crippen molar-refractivity contribution in [3.8, 4) is 0 Å². The monoisotopic (exact) mass is 309 g/mol. The normalized spacial score (nSPS) is 36.6.